The minimum atomic E-state index is -4.71. The minimum absolute atomic E-state index is 0.0454. The number of nitrogens with one attached hydrogen (secondary N) is 16. The van der Waals surface area contributed by atoms with E-state index in [1.807, 2.05) is 0 Å². The number of hydrogen-bond donors (Lipinski definition) is 22. The van der Waals surface area contributed by atoms with Gasteiger partial charge in [-0.3, -0.25) is 44.8 Å². The molecule has 59 heteroatoms. The highest BCUT2D eigenvalue weighted by Gasteiger charge is 2.42. The van der Waals surface area contributed by atoms with E-state index in [1.54, 1.807) is 0 Å². The molecule has 0 aliphatic carbocycles. The number of carbonyl (C=O) groups is 4. The third-order valence-corrected chi connectivity index (χ3v) is 18.7. The number of carbonyl (C=O) groups excluding carboxylic acids is 4. The topological polar surface area (TPSA) is 626 Å². The zero-order chi connectivity index (χ0) is 98.3. The molecule has 0 radical (unpaired) electrons. The van der Waals surface area contributed by atoms with Crippen molar-refractivity contribution in [3.05, 3.63) is 65.8 Å². The lowest BCUT2D eigenvalue weighted by Gasteiger charge is -2.37. The molecule has 2 fully saturated rings. The molecule has 0 saturated carbocycles. The average Bonchev–Trinajstić information content (AvgIpc) is 1.17. The first-order valence-electron chi connectivity index (χ1n) is 43.6. The lowest BCUT2D eigenvalue weighted by Crippen LogP contribution is -2.58. The zero-order valence-electron chi connectivity index (χ0n) is 75.0. The maximum absolute atomic E-state index is 13.1. The van der Waals surface area contributed by atoms with Crippen molar-refractivity contribution in [3.8, 4) is 0 Å². The van der Waals surface area contributed by atoms with Crippen molar-refractivity contribution in [2.24, 2.45) is 0 Å². The van der Waals surface area contributed by atoms with Gasteiger partial charge in [0.2, 0.25) is 41.5 Å². The number of halogens is 9. The summed E-state index contributed by atoms with van der Waals surface area (Å²) in [5, 5.41) is 91.1. The Morgan fingerprint density at radius 1 is 0.397 bits per heavy atom. The largest absolute Gasteiger partial charge is 0.491 e. The molecule has 0 spiro atoms. The Morgan fingerprint density at radius 3 is 1.19 bits per heavy atom. The Bertz CT molecular complexity index is 3750. The van der Waals surface area contributed by atoms with E-state index in [0.717, 1.165) is 24.9 Å². The molecule has 3 aliphatic heterocycles. The molecule has 3 aliphatic rings. The molecule has 778 valence electrons. The smallest absolute Gasteiger partial charge is 0.433 e. The van der Waals surface area contributed by atoms with Crippen LogP contribution in [0, 0.1) is 0 Å². The Hall–Kier alpha value is -7.85. The molecule has 0 aromatic carbocycles. The fourth-order valence-electron chi connectivity index (χ4n) is 11.8. The summed E-state index contributed by atoms with van der Waals surface area (Å²) in [6.45, 7) is 6.36. The van der Waals surface area contributed by atoms with Crippen LogP contribution in [0.15, 0.2) is 48.7 Å². The van der Waals surface area contributed by atoms with Gasteiger partial charge in [-0.1, -0.05) is 0 Å². The van der Waals surface area contributed by atoms with Gasteiger partial charge in [0, 0.05) is 136 Å². The van der Waals surface area contributed by atoms with E-state index in [0.29, 0.717) is 64.1 Å². The highest BCUT2D eigenvalue weighted by molar-refractivity contribution is 5.77. The molecule has 4 unspecified atom stereocenters. The van der Waals surface area contributed by atoms with Crippen LogP contribution in [0.2, 0.25) is 0 Å². The number of anilines is 3. The van der Waals surface area contributed by atoms with E-state index in [9.17, 15) is 89.3 Å². The first kappa shape index (κ1) is 117. The number of hydroxylamine groups is 6. The summed E-state index contributed by atoms with van der Waals surface area (Å²) >= 11 is 0. The lowest BCUT2D eigenvalue weighted by molar-refractivity contribution is -0.159. The van der Waals surface area contributed by atoms with Crippen LogP contribution in [0.25, 0.3) is 0 Å². The Labute approximate surface area is 776 Å². The molecule has 6 rings (SSSR count). The number of nitrogens with zero attached hydrogens (tertiary/aromatic N) is 6. The second-order valence-corrected chi connectivity index (χ2v) is 29.8. The number of amides is 4. The fourth-order valence-corrected chi connectivity index (χ4v) is 11.8. The Morgan fingerprint density at radius 2 is 0.750 bits per heavy atom. The van der Waals surface area contributed by atoms with Crippen LogP contribution >= 0.6 is 0 Å². The number of aromatic nitrogens is 6. The van der Waals surface area contributed by atoms with Crippen molar-refractivity contribution in [2.45, 2.75) is 130 Å². The van der Waals surface area contributed by atoms with Crippen LogP contribution in [0.4, 0.5) is 57.4 Å². The third kappa shape index (κ3) is 51.9. The molecule has 3 aromatic heterocycles. The van der Waals surface area contributed by atoms with Gasteiger partial charge >= 0.3 is 18.5 Å². The molecule has 136 heavy (non-hydrogen) atoms. The maximum atomic E-state index is 13.1. The number of hydrogen-bond acceptors (Lipinski definition) is 46. The molecule has 12 atom stereocenters. The lowest BCUT2D eigenvalue weighted by atomic mass is 9.98. The van der Waals surface area contributed by atoms with E-state index in [4.69, 9.17) is 85.9 Å². The van der Waals surface area contributed by atoms with Crippen molar-refractivity contribution in [1.82, 2.24) is 100 Å². The summed E-state index contributed by atoms with van der Waals surface area (Å²) in [5.74, 6) is -2.72. The van der Waals surface area contributed by atoms with Gasteiger partial charge in [-0.15, -0.1) is 0 Å². The molecule has 50 nitrogen and oxygen atoms in total. The minimum Gasteiger partial charge on any atom is -0.491 e. The van der Waals surface area contributed by atoms with Crippen molar-refractivity contribution >= 4 is 41.5 Å². The van der Waals surface area contributed by atoms with Crippen molar-refractivity contribution < 1.29 is 175 Å². The van der Waals surface area contributed by atoms with Gasteiger partial charge in [0.1, 0.15) is 59.4 Å². The number of alkyl halides is 9. The van der Waals surface area contributed by atoms with Crippen molar-refractivity contribution in [3.63, 3.8) is 0 Å². The first-order valence-corrected chi connectivity index (χ1v) is 43.6. The van der Waals surface area contributed by atoms with Crippen LogP contribution in [0.1, 0.15) is 56.1 Å². The molecule has 4 amide bonds. The molecule has 2 saturated heterocycles. The molecular formula is C77H129F9N22O28. The Kier molecular flexibility index (Phi) is 58.7. The van der Waals surface area contributed by atoms with Crippen LogP contribution in [0.5, 0.6) is 0 Å². The molecular weight excluding hydrogens is 1850 g/mol. The van der Waals surface area contributed by atoms with Gasteiger partial charge < -0.3 is 144 Å². The average molecular weight is 1980 g/mol. The van der Waals surface area contributed by atoms with E-state index in [-0.39, 0.29) is 272 Å². The number of aliphatic hydroxyl groups is 6. The fraction of sp³-hybridized carbons (Fsp3) is 0.766. The van der Waals surface area contributed by atoms with E-state index < -0.39 is 120 Å². The number of aliphatic hydroxyl groups excluding tert-OH is 6. The molecule has 0 bridgehead atoms. The van der Waals surface area contributed by atoms with Crippen molar-refractivity contribution in [1.29, 1.82) is 0 Å². The van der Waals surface area contributed by atoms with Crippen LogP contribution in [-0.4, -0.2) is 407 Å². The van der Waals surface area contributed by atoms with Gasteiger partial charge in [-0.25, -0.2) is 62.8 Å². The van der Waals surface area contributed by atoms with Gasteiger partial charge in [0.15, 0.2) is 0 Å². The SMILES string of the molecule is CC(=O)NC(COCCC(=O)NCCOCNCCOCNCCOCNCCOCC1OC[C@H](Nc2nccc(C(F)(F)F)n2)[C@@H](O)[C@H]1O)(COCCC(=O)NCCONCCONCCONCCOCC1OC=C(Nc2nccc(C(F)(F)F)n2)[C@@H](O)C[C@H]1O)COCCC(=O)NCCONCCONCCONCCOCC1OC[C@H](Nc2nccc(C(F)(F)F)n2)[C@@H](O)C[C@H]1O. The Balaban J connectivity index is 0.762. The van der Waals surface area contributed by atoms with E-state index in [2.05, 4.69) is 116 Å². The monoisotopic (exact) mass is 1980 g/mol. The highest BCUT2D eigenvalue weighted by atomic mass is 19.4. The van der Waals surface area contributed by atoms with E-state index in [1.165, 1.54) is 6.92 Å². The van der Waals surface area contributed by atoms with Gasteiger partial charge in [-0.05, 0) is 18.2 Å². The summed E-state index contributed by atoms with van der Waals surface area (Å²) in [6.07, 6.45) is -21.1. The highest BCUT2D eigenvalue weighted by Crippen LogP contribution is 2.32. The third-order valence-electron chi connectivity index (χ3n) is 18.7. The quantitative estimate of drug-likeness (QED) is 0.0109. The van der Waals surface area contributed by atoms with Gasteiger partial charge in [-0.2, -0.15) is 39.5 Å². The zero-order valence-corrected chi connectivity index (χ0v) is 75.0. The summed E-state index contributed by atoms with van der Waals surface area (Å²) < 4.78 is 186. The second kappa shape index (κ2) is 68.3. The van der Waals surface area contributed by atoms with Crippen LogP contribution in [-0.2, 0) is 124 Å². The van der Waals surface area contributed by atoms with Gasteiger partial charge in [0.05, 0.1) is 214 Å². The molecule has 3 aromatic rings. The normalized spacial score (nSPS) is 20.5. The summed E-state index contributed by atoms with van der Waals surface area (Å²) in [4.78, 5) is 105. The van der Waals surface area contributed by atoms with Crippen molar-refractivity contribution in [2.75, 3.05) is 267 Å². The molecule has 6 heterocycles. The summed E-state index contributed by atoms with van der Waals surface area (Å²) in [6, 6.07) is 0.254. The number of rotatable bonds is 76. The predicted molar refractivity (Wildman–Crippen MR) is 452 cm³/mol. The standard InChI is InChI=1S/C77H129F9N22O28/c1-52(109)108-74(47-123-24-6-67(115)91-15-32-131-98-19-36-135-100-21-34-133-96-17-30-120-43-60-58(112)38-56(110)53(40-128-60)102-71-93-8-2-63(105-71)75(78,79)80,48-124-25-7-68(116)92-16-33-132-99-20-37-136-101-22-35-134-97-18-31-121-44-61-59(113)39-57(111)54(41-129-61)103-72-94-9-3-64(106-72)76(81,82)83)46-122-23-5-66(114)90-14-29-127-51-89-13-28-126-50-88-12-27-125-49-87-11-26-119-45-62-70(118)69(117)55(42-130-62)104-73-95-10-4-65(107-73)77(84,85)86/h2-4,8-10,40,54-62,69-70,87-89,96-101,110-113,117-118H,5-7,11-39,41-51H2,1H3,(H,90,114)(H,91,115)(H,92,116)(H,108,109)(H,93,102,105)(H,94,103,106)(H,95,104,107)/t54-,55-,56-,57-,58+,59+,60?,61?,62?,69+,70-,74?/m0/s1. The maximum Gasteiger partial charge on any atom is 0.433 e. The molecule has 22 N–H and O–H groups in total. The second-order valence-electron chi connectivity index (χ2n) is 29.8. The summed E-state index contributed by atoms with van der Waals surface area (Å²) in [7, 11) is 0. The van der Waals surface area contributed by atoms with E-state index >= 15 is 0 Å². The first-order chi connectivity index (χ1) is 65.5. The predicted octanol–water partition coefficient (Wildman–Crippen LogP) is -5.22. The van der Waals surface area contributed by atoms with Crippen LogP contribution in [0.3, 0.4) is 0 Å². The summed E-state index contributed by atoms with van der Waals surface area (Å²) in [5.41, 5.74) is 11.3. The number of ether oxygens (including phenoxy) is 12. The van der Waals surface area contributed by atoms with Gasteiger partial charge in [0.25, 0.3) is 0 Å². The van der Waals surface area contributed by atoms with Crippen LogP contribution < -0.4 is 86.0 Å².